The van der Waals surface area contributed by atoms with Crippen molar-refractivity contribution in [2.45, 2.75) is 31.3 Å². The fourth-order valence-corrected chi connectivity index (χ4v) is 3.45. The van der Waals surface area contributed by atoms with Crippen molar-refractivity contribution in [1.82, 2.24) is 5.32 Å². The van der Waals surface area contributed by atoms with E-state index in [9.17, 15) is 9.59 Å². The molecule has 0 spiro atoms. The molecule has 0 unspecified atom stereocenters. The van der Waals surface area contributed by atoms with E-state index in [0.717, 1.165) is 17.7 Å². The Balaban J connectivity index is 1.94. The zero-order valence-electron chi connectivity index (χ0n) is 12.5. The minimum absolute atomic E-state index is 0.0297. The maximum absolute atomic E-state index is 11.8. The summed E-state index contributed by atoms with van der Waals surface area (Å²) in [6.07, 6.45) is 1.98. The molecule has 1 amide bonds. The predicted octanol–water partition coefficient (Wildman–Crippen LogP) is 1.22. The predicted molar refractivity (Wildman–Crippen MR) is 80.5 cm³/mol. The van der Waals surface area contributed by atoms with Crippen molar-refractivity contribution in [3.05, 3.63) is 29.3 Å². The standard InChI is InChI=1S/C16H20N2O4/c1-22-16(21)9-4-5-13-10(7-9)15-11(8-14(20)18-15)12(17-13)3-2-6-19/h4-5,7,11-12,15,17,19H,2-3,6,8H2,1H3,(H,18,20)/t11-,12-,15+/m0/s1. The number of nitrogens with one attached hydrogen (secondary N) is 2. The normalized spacial score (nSPS) is 25.7. The van der Waals surface area contributed by atoms with Crippen LogP contribution >= 0.6 is 0 Å². The minimum Gasteiger partial charge on any atom is -0.465 e. The van der Waals surface area contributed by atoms with E-state index >= 15 is 0 Å². The Kier molecular flexibility index (Phi) is 4.02. The van der Waals surface area contributed by atoms with Crippen molar-refractivity contribution < 1.29 is 19.4 Å². The van der Waals surface area contributed by atoms with Gasteiger partial charge in [-0.15, -0.1) is 0 Å². The molecule has 1 aromatic rings. The van der Waals surface area contributed by atoms with Crippen LogP contribution in [0, 0.1) is 5.92 Å². The van der Waals surface area contributed by atoms with Crippen molar-refractivity contribution in [2.24, 2.45) is 5.92 Å². The van der Waals surface area contributed by atoms with Gasteiger partial charge >= 0.3 is 5.97 Å². The molecular weight excluding hydrogens is 284 g/mol. The Morgan fingerprint density at radius 2 is 2.23 bits per heavy atom. The van der Waals surface area contributed by atoms with Gasteiger partial charge in [-0.1, -0.05) is 0 Å². The highest BCUT2D eigenvalue weighted by Gasteiger charge is 2.42. The molecule has 2 heterocycles. The highest BCUT2D eigenvalue weighted by atomic mass is 16.5. The number of carbonyl (C=O) groups excluding carboxylic acids is 2. The lowest BCUT2D eigenvalue weighted by Crippen LogP contribution is -2.38. The molecule has 0 aliphatic carbocycles. The molecular formula is C16H20N2O4. The lowest BCUT2D eigenvalue weighted by Gasteiger charge is -2.36. The summed E-state index contributed by atoms with van der Waals surface area (Å²) in [6, 6.07) is 5.43. The third kappa shape index (κ3) is 2.54. The SMILES string of the molecule is COC(=O)c1ccc2c(c1)[C@H]1NC(=O)C[C@H]1[C@H](CCCO)N2. The van der Waals surface area contributed by atoms with Gasteiger partial charge in [-0.2, -0.15) is 0 Å². The third-order valence-electron chi connectivity index (χ3n) is 4.50. The molecule has 118 valence electrons. The zero-order valence-corrected chi connectivity index (χ0v) is 12.5. The summed E-state index contributed by atoms with van der Waals surface area (Å²) in [5, 5.41) is 15.5. The number of hydrogen-bond acceptors (Lipinski definition) is 5. The van der Waals surface area contributed by atoms with Crippen molar-refractivity contribution in [1.29, 1.82) is 0 Å². The summed E-state index contributed by atoms with van der Waals surface area (Å²) >= 11 is 0. The summed E-state index contributed by atoms with van der Waals surface area (Å²) in [4.78, 5) is 23.5. The van der Waals surface area contributed by atoms with Crippen molar-refractivity contribution in [3.63, 3.8) is 0 Å². The Morgan fingerprint density at radius 3 is 2.95 bits per heavy atom. The summed E-state index contributed by atoms with van der Waals surface area (Å²) in [7, 11) is 1.35. The van der Waals surface area contributed by atoms with E-state index in [4.69, 9.17) is 9.84 Å². The maximum Gasteiger partial charge on any atom is 0.337 e. The van der Waals surface area contributed by atoms with Crippen LogP contribution in [0.4, 0.5) is 5.69 Å². The van der Waals surface area contributed by atoms with Gasteiger partial charge in [-0.3, -0.25) is 4.79 Å². The minimum atomic E-state index is -0.383. The van der Waals surface area contributed by atoms with Crippen LogP contribution in [0.5, 0.6) is 0 Å². The number of esters is 1. The second-order valence-corrected chi connectivity index (χ2v) is 5.82. The van der Waals surface area contributed by atoms with Crippen LogP contribution in [-0.2, 0) is 9.53 Å². The molecule has 0 saturated carbocycles. The van der Waals surface area contributed by atoms with Crippen molar-refractivity contribution in [3.8, 4) is 0 Å². The van der Waals surface area contributed by atoms with Crippen LogP contribution in [-0.4, -0.2) is 36.7 Å². The summed E-state index contributed by atoms with van der Waals surface area (Å²) in [5.74, 6) is -0.215. The molecule has 2 aliphatic heterocycles. The topological polar surface area (TPSA) is 87.7 Å². The molecule has 6 heteroatoms. The average Bonchev–Trinajstić information content (AvgIpc) is 2.93. The fourth-order valence-electron chi connectivity index (χ4n) is 3.45. The Labute approximate surface area is 128 Å². The van der Waals surface area contributed by atoms with E-state index in [1.807, 2.05) is 6.07 Å². The number of methoxy groups -OCH3 is 1. The number of carbonyl (C=O) groups is 2. The van der Waals surface area contributed by atoms with Crippen LogP contribution in [0.1, 0.15) is 41.2 Å². The molecule has 6 nitrogen and oxygen atoms in total. The number of hydrogen-bond donors (Lipinski definition) is 3. The van der Waals surface area contributed by atoms with E-state index in [1.54, 1.807) is 12.1 Å². The molecule has 2 aliphatic rings. The number of aliphatic hydroxyl groups excluding tert-OH is 1. The largest absolute Gasteiger partial charge is 0.465 e. The van der Waals surface area contributed by atoms with Crippen LogP contribution in [0.3, 0.4) is 0 Å². The van der Waals surface area contributed by atoms with Crippen molar-refractivity contribution >= 4 is 17.6 Å². The molecule has 3 atom stereocenters. The van der Waals surface area contributed by atoms with E-state index in [2.05, 4.69) is 10.6 Å². The number of anilines is 1. The molecule has 0 aromatic heterocycles. The molecule has 1 saturated heterocycles. The number of aliphatic hydroxyl groups is 1. The van der Waals surface area contributed by atoms with Crippen LogP contribution in [0.15, 0.2) is 18.2 Å². The Morgan fingerprint density at radius 1 is 1.41 bits per heavy atom. The molecule has 1 fully saturated rings. The monoisotopic (exact) mass is 304 g/mol. The molecule has 0 radical (unpaired) electrons. The molecule has 0 bridgehead atoms. The third-order valence-corrected chi connectivity index (χ3v) is 4.50. The Hall–Kier alpha value is -2.08. The molecule has 3 rings (SSSR count). The van der Waals surface area contributed by atoms with Gasteiger partial charge in [0.1, 0.15) is 0 Å². The average molecular weight is 304 g/mol. The van der Waals surface area contributed by atoms with E-state index in [-0.39, 0.29) is 36.5 Å². The number of fused-ring (bicyclic) bond motifs is 3. The van der Waals surface area contributed by atoms with Gasteiger partial charge in [0.15, 0.2) is 0 Å². The first-order valence-electron chi connectivity index (χ1n) is 7.53. The smallest absolute Gasteiger partial charge is 0.337 e. The number of ether oxygens (including phenoxy) is 1. The Bertz CT molecular complexity index is 602. The van der Waals surface area contributed by atoms with Gasteiger partial charge in [0.2, 0.25) is 5.91 Å². The lowest BCUT2D eigenvalue weighted by atomic mass is 9.81. The number of rotatable bonds is 4. The molecule has 3 N–H and O–H groups in total. The van der Waals surface area contributed by atoms with Gasteiger partial charge in [-0.05, 0) is 36.6 Å². The zero-order chi connectivity index (χ0) is 15.7. The van der Waals surface area contributed by atoms with Gasteiger partial charge in [0, 0.05) is 30.7 Å². The number of amides is 1. The van der Waals surface area contributed by atoms with Gasteiger partial charge < -0.3 is 20.5 Å². The van der Waals surface area contributed by atoms with Crippen LogP contribution in [0.2, 0.25) is 0 Å². The lowest BCUT2D eigenvalue weighted by molar-refractivity contribution is -0.119. The summed E-state index contributed by atoms with van der Waals surface area (Å²) < 4.78 is 4.76. The van der Waals surface area contributed by atoms with Crippen molar-refractivity contribution in [2.75, 3.05) is 19.0 Å². The van der Waals surface area contributed by atoms with Gasteiger partial charge in [0.05, 0.1) is 18.7 Å². The fraction of sp³-hybridized carbons (Fsp3) is 0.500. The van der Waals surface area contributed by atoms with E-state index < -0.39 is 0 Å². The first kappa shape index (κ1) is 14.8. The highest BCUT2D eigenvalue weighted by molar-refractivity contribution is 5.90. The van der Waals surface area contributed by atoms with Gasteiger partial charge in [-0.25, -0.2) is 4.79 Å². The first-order chi connectivity index (χ1) is 10.6. The number of benzene rings is 1. The second kappa shape index (κ2) is 5.96. The van der Waals surface area contributed by atoms with E-state index in [1.165, 1.54) is 7.11 Å². The molecule has 1 aromatic carbocycles. The maximum atomic E-state index is 11.8. The summed E-state index contributed by atoms with van der Waals surface area (Å²) in [6.45, 7) is 0.144. The van der Waals surface area contributed by atoms with Crippen LogP contribution in [0.25, 0.3) is 0 Å². The van der Waals surface area contributed by atoms with Crippen LogP contribution < -0.4 is 10.6 Å². The summed E-state index contributed by atoms with van der Waals surface area (Å²) in [5.41, 5.74) is 2.34. The highest BCUT2D eigenvalue weighted by Crippen LogP contribution is 2.43. The quantitative estimate of drug-likeness (QED) is 0.728. The van der Waals surface area contributed by atoms with E-state index in [0.29, 0.717) is 18.4 Å². The first-order valence-corrected chi connectivity index (χ1v) is 7.53. The van der Waals surface area contributed by atoms with Gasteiger partial charge in [0.25, 0.3) is 0 Å². The second-order valence-electron chi connectivity index (χ2n) is 5.82. The molecule has 22 heavy (non-hydrogen) atoms.